The van der Waals surface area contributed by atoms with Gasteiger partial charge in [0.25, 0.3) is 5.91 Å². The highest BCUT2D eigenvalue weighted by Gasteiger charge is 2.44. The predicted octanol–water partition coefficient (Wildman–Crippen LogP) is 1.61. The normalized spacial score (nSPS) is 22.9. The first kappa shape index (κ1) is 23.1. The summed E-state index contributed by atoms with van der Waals surface area (Å²) in [5.41, 5.74) is 1.04. The Kier molecular flexibility index (Phi) is 6.34. The molecule has 33 heavy (non-hydrogen) atoms. The highest BCUT2D eigenvalue weighted by Crippen LogP contribution is 2.36. The molecule has 2 aliphatic heterocycles. The lowest BCUT2D eigenvalue weighted by Crippen LogP contribution is -2.53. The van der Waals surface area contributed by atoms with E-state index in [0.717, 1.165) is 17.3 Å². The number of carbonyl (C=O) groups excluding carboxylic acids is 3. The summed E-state index contributed by atoms with van der Waals surface area (Å²) in [7, 11) is 3.36. The number of aromatic nitrogens is 1. The molecule has 9 nitrogen and oxygen atoms in total. The molecule has 2 saturated heterocycles. The molecule has 178 valence electrons. The molecule has 2 aliphatic rings. The number of benzene rings is 1. The SMILES string of the molecule is CN[C@H](C[C@@H]1CCNC1=O)NC(=O)[C@@H]1CC(C)(C)CN1C(=O)c1cc2c(OC)cccc2[nH]1. The molecule has 3 heterocycles. The molecule has 0 bridgehead atoms. The standard InChI is InChI=1S/C24H33N5O4/c1-24(2)12-18(22(31)28-20(25-3)10-14-8-9-26-21(14)30)29(13-24)23(32)17-11-15-16(27-17)6-5-7-19(15)33-4/h5-7,11,14,18,20,25,27H,8-10,12-13H2,1-4H3,(H,26,30)(H,28,31)/t14-,18-,20-/m0/s1. The lowest BCUT2D eigenvalue weighted by molar-refractivity contribution is -0.127. The van der Waals surface area contributed by atoms with Crippen LogP contribution in [0.15, 0.2) is 24.3 Å². The Morgan fingerprint density at radius 3 is 2.79 bits per heavy atom. The van der Waals surface area contributed by atoms with Crippen LogP contribution in [0.5, 0.6) is 5.75 Å². The number of likely N-dealkylation sites (tertiary alicyclic amines) is 1. The lowest BCUT2D eigenvalue weighted by atomic mass is 9.90. The Morgan fingerprint density at radius 1 is 1.33 bits per heavy atom. The number of methoxy groups -OCH3 is 1. The van der Waals surface area contributed by atoms with E-state index in [9.17, 15) is 14.4 Å². The molecule has 0 saturated carbocycles. The summed E-state index contributed by atoms with van der Waals surface area (Å²) in [6.07, 6.45) is 1.50. The van der Waals surface area contributed by atoms with Crippen LogP contribution in [0.1, 0.15) is 43.6 Å². The zero-order valence-electron chi connectivity index (χ0n) is 19.7. The number of fused-ring (bicyclic) bond motifs is 1. The predicted molar refractivity (Wildman–Crippen MR) is 125 cm³/mol. The molecule has 4 N–H and O–H groups in total. The smallest absolute Gasteiger partial charge is 0.271 e. The van der Waals surface area contributed by atoms with E-state index >= 15 is 0 Å². The van der Waals surface area contributed by atoms with E-state index in [4.69, 9.17) is 4.74 Å². The highest BCUT2D eigenvalue weighted by molar-refractivity contribution is 6.01. The third-order valence-corrected chi connectivity index (χ3v) is 6.71. The van der Waals surface area contributed by atoms with Crippen molar-refractivity contribution in [2.24, 2.45) is 11.3 Å². The molecule has 0 aliphatic carbocycles. The summed E-state index contributed by atoms with van der Waals surface area (Å²) in [6, 6.07) is 6.80. The van der Waals surface area contributed by atoms with Gasteiger partial charge in [-0.25, -0.2) is 0 Å². The summed E-state index contributed by atoms with van der Waals surface area (Å²) in [4.78, 5) is 43.6. The minimum atomic E-state index is -0.589. The first-order valence-electron chi connectivity index (χ1n) is 11.4. The van der Waals surface area contributed by atoms with Gasteiger partial charge in [-0.1, -0.05) is 19.9 Å². The fraction of sp³-hybridized carbons (Fsp3) is 0.542. The number of amides is 3. The first-order chi connectivity index (χ1) is 15.7. The van der Waals surface area contributed by atoms with Gasteiger partial charge in [-0.3, -0.25) is 14.4 Å². The number of carbonyl (C=O) groups is 3. The van der Waals surface area contributed by atoms with Crippen LogP contribution in [-0.4, -0.2) is 67.1 Å². The number of H-pyrrole nitrogens is 1. The van der Waals surface area contributed by atoms with E-state index in [1.807, 2.05) is 18.2 Å². The van der Waals surface area contributed by atoms with Gasteiger partial charge in [0, 0.05) is 29.9 Å². The minimum Gasteiger partial charge on any atom is -0.496 e. The van der Waals surface area contributed by atoms with Gasteiger partial charge in [0.05, 0.1) is 13.3 Å². The maximum Gasteiger partial charge on any atom is 0.271 e. The quantitative estimate of drug-likeness (QED) is 0.474. The van der Waals surface area contributed by atoms with Crippen LogP contribution < -0.4 is 20.7 Å². The average molecular weight is 456 g/mol. The fourth-order valence-corrected chi connectivity index (χ4v) is 4.96. The third-order valence-electron chi connectivity index (χ3n) is 6.71. The maximum absolute atomic E-state index is 13.5. The van der Waals surface area contributed by atoms with Crippen molar-refractivity contribution in [2.75, 3.05) is 27.2 Å². The number of rotatable bonds is 7. The summed E-state index contributed by atoms with van der Waals surface area (Å²) in [5.74, 6) is 0.168. The van der Waals surface area contributed by atoms with Crippen LogP contribution >= 0.6 is 0 Å². The van der Waals surface area contributed by atoms with Gasteiger partial charge in [0.1, 0.15) is 17.5 Å². The second-order valence-electron chi connectivity index (χ2n) is 9.78. The topological polar surface area (TPSA) is 116 Å². The van der Waals surface area contributed by atoms with Crippen LogP contribution in [0, 0.1) is 11.3 Å². The number of aromatic amines is 1. The van der Waals surface area contributed by atoms with E-state index in [2.05, 4.69) is 34.8 Å². The Balaban J connectivity index is 1.52. The lowest BCUT2D eigenvalue weighted by Gasteiger charge is -2.27. The first-order valence-corrected chi connectivity index (χ1v) is 11.4. The zero-order chi connectivity index (χ0) is 23.8. The van der Waals surface area contributed by atoms with Crippen LogP contribution in [0.2, 0.25) is 0 Å². The molecule has 9 heteroatoms. The second-order valence-corrected chi connectivity index (χ2v) is 9.78. The van der Waals surface area contributed by atoms with E-state index in [1.54, 1.807) is 25.1 Å². The Bertz CT molecular complexity index is 1060. The molecule has 2 fully saturated rings. The molecule has 3 amide bonds. The zero-order valence-corrected chi connectivity index (χ0v) is 19.7. The van der Waals surface area contributed by atoms with Crippen LogP contribution in [-0.2, 0) is 9.59 Å². The molecule has 0 radical (unpaired) electrons. The van der Waals surface area contributed by atoms with E-state index in [1.165, 1.54) is 0 Å². The number of hydrogen-bond acceptors (Lipinski definition) is 5. The molecule has 4 rings (SSSR count). The van der Waals surface area contributed by atoms with Gasteiger partial charge in [0.15, 0.2) is 0 Å². The second kappa shape index (κ2) is 9.05. The van der Waals surface area contributed by atoms with Gasteiger partial charge in [0.2, 0.25) is 11.8 Å². The Hall–Kier alpha value is -3.07. The number of nitrogens with zero attached hydrogens (tertiary/aromatic N) is 1. The van der Waals surface area contributed by atoms with E-state index in [0.29, 0.717) is 37.4 Å². The molecule has 0 spiro atoms. The van der Waals surface area contributed by atoms with Crippen molar-refractivity contribution in [1.29, 1.82) is 0 Å². The van der Waals surface area contributed by atoms with Gasteiger partial charge >= 0.3 is 0 Å². The monoisotopic (exact) mass is 455 g/mol. The summed E-state index contributed by atoms with van der Waals surface area (Å²) < 4.78 is 5.41. The van der Waals surface area contributed by atoms with Crippen molar-refractivity contribution in [3.63, 3.8) is 0 Å². The van der Waals surface area contributed by atoms with Crippen molar-refractivity contribution < 1.29 is 19.1 Å². The van der Waals surface area contributed by atoms with Crippen LogP contribution in [0.3, 0.4) is 0 Å². The highest BCUT2D eigenvalue weighted by atomic mass is 16.5. The number of ether oxygens (including phenoxy) is 1. The molecule has 1 aromatic heterocycles. The van der Waals surface area contributed by atoms with Gasteiger partial charge in [-0.15, -0.1) is 0 Å². The largest absolute Gasteiger partial charge is 0.496 e. The van der Waals surface area contributed by atoms with E-state index in [-0.39, 0.29) is 35.2 Å². The average Bonchev–Trinajstić information content (AvgIpc) is 3.48. The van der Waals surface area contributed by atoms with Crippen LogP contribution in [0.25, 0.3) is 10.9 Å². The van der Waals surface area contributed by atoms with Crippen LogP contribution in [0.4, 0.5) is 0 Å². The maximum atomic E-state index is 13.5. The number of hydrogen-bond donors (Lipinski definition) is 4. The molecule has 1 aromatic carbocycles. The molecule has 0 unspecified atom stereocenters. The van der Waals surface area contributed by atoms with E-state index < -0.39 is 6.04 Å². The summed E-state index contributed by atoms with van der Waals surface area (Å²) in [5, 5.41) is 9.78. The third kappa shape index (κ3) is 4.68. The van der Waals surface area contributed by atoms with Crippen molar-refractivity contribution in [3.8, 4) is 5.75 Å². The van der Waals surface area contributed by atoms with Gasteiger partial charge in [-0.2, -0.15) is 0 Å². The summed E-state index contributed by atoms with van der Waals surface area (Å²) in [6.45, 7) is 5.27. The van der Waals surface area contributed by atoms with Gasteiger partial charge in [-0.05, 0) is 49.9 Å². The Labute approximate surface area is 193 Å². The van der Waals surface area contributed by atoms with Gasteiger partial charge < -0.3 is 30.6 Å². The summed E-state index contributed by atoms with van der Waals surface area (Å²) >= 11 is 0. The molecule has 2 aromatic rings. The molecule has 3 atom stereocenters. The van der Waals surface area contributed by atoms with Crippen molar-refractivity contribution in [3.05, 3.63) is 30.0 Å². The molecular formula is C24H33N5O4. The fourth-order valence-electron chi connectivity index (χ4n) is 4.96. The van der Waals surface area contributed by atoms with Crippen molar-refractivity contribution >= 4 is 28.6 Å². The van der Waals surface area contributed by atoms with Crippen molar-refractivity contribution in [1.82, 2.24) is 25.8 Å². The number of nitrogens with one attached hydrogen (secondary N) is 4. The van der Waals surface area contributed by atoms with Crippen molar-refractivity contribution in [2.45, 2.75) is 45.3 Å². The molecular weight excluding hydrogens is 422 g/mol. The Morgan fingerprint density at radius 2 is 2.12 bits per heavy atom. The minimum absolute atomic E-state index is 0.0255.